The fourth-order valence-electron chi connectivity index (χ4n) is 3.23. The average molecular weight is 476 g/mol. The molecule has 2 aromatic heterocycles. The van der Waals surface area contributed by atoms with Crippen molar-refractivity contribution in [3.05, 3.63) is 71.3 Å². The summed E-state index contributed by atoms with van der Waals surface area (Å²) in [4.78, 5) is 28.6. The molecule has 0 fully saturated rings. The lowest BCUT2D eigenvalue weighted by atomic mass is 10.1. The summed E-state index contributed by atoms with van der Waals surface area (Å²) in [6, 6.07) is 10.7. The zero-order chi connectivity index (χ0) is 25.6. The lowest BCUT2D eigenvalue weighted by Gasteiger charge is -2.16. The van der Waals surface area contributed by atoms with Crippen molar-refractivity contribution in [2.45, 2.75) is 39.2 Å². The van der Waals surface area contributed by atoms with Gasteiger partial charge in [-0.1, -0.05) is 17.9 Å². The largest absolute Gasteiger partial charge is 0.491 e. The third-order valence-electron chi connectivity index (χ3n) is 4.97. The topological polar surface area (TPSA) is 124 Å². The third-order valence-corrected chi connectivity index (χ3v) is 4.97. The molecule has 182 valence electrons. The number of benzene rings is 1. The van der Waals surface area contributed by atoms with E-state index in [0.29, 0.717) is 30.9 Å². The van der Waals surface area contributed by atoms with E-state index in [0.717, 1.165) is 27.2 Å². The minimum Gasteiger partial charge on any atom is -0.491 e. The molecule has 1 aromatic carbocycles. The van der Waals surface area contributed by atoms with Crippen LogP contribution >= 0.6 is 0 Å². The fraction of sp³-hybridized carbons (Fsp3) is 0.308. The lowest BCUT2D eigenvalue weighted by molar-refractivity contribution is -0.118. The molecule has 35 heavy (non-hydrogen) atoms. The van der Waals surface area contributed by atoms with E-state index in [1.807, 2.05) is 31.2 Å². The molecular formula is C26H29N5O4. The Morgan fingerprint density at radius 1 is 1.29 bits per heavy atom. The summed E-state index contributed by atoms with van der Waals surface area (Å²) >= 11 is 0. The van der Waals surface area contributed by atoms with Crippen LogP contribution in [0.4, 0.5) is 10.5 Å². The van der Waals surface area contributed by atoms with Crippen LogP contribution in [0.15, 0.2) is 48.8 Å². The van der Waals surface area contributed by atoms with E-state index >= 15 is 0 Å². The highest BCUT2D eigenvalue weighted by molar-refractivity contribution is 5.95. The van der Waals surface area contributed by atoms with E-state index in [4.69, 9.17) is 10.5 Å². The van der Waals surface area contributed by atoms with Gasteiger partial charge in [0.05, 0.1) is 24.9 Å². The number of nitrogens with zero attached hydrogens (tertiary/aromatic N) is 4. The van der Waals surface area contributed by atoms with Crippen LogP contribution in [-0.4, -0.2) is 51.1 Å². The normalized spacial score (nSPS) is 12.8. The molecule has 3 heterocycles. The number of rotatable bonds is 2. The number of pyridine rings is 1. The molecule has 1 aliphatic heterocycles. The molecule has 3 N–H and O–H groups in total. The van der Waals surface area contributed by atoms with Crippen LogP contribution in [0.2, 0.25) is 0 Å². The maximum atomic E-state index is 11.8. The highest BCUT2D eigenvalue weighted by atomic mass is 16.5. The highest BCUT2D eigenvalue weighted by Crippen LogP contribution is 2.31. The Bertz CT molecular complexity index is 1280. The first-order valence-corrected chi connectivity index (χ1v) is 11.1. The number of primary amides is 1. The van der Waals surface area contributed by atoms with Crippen molar-refractivity contribution in [2.75, 3.05) is 18.6 Å². The number of anilines is 1. The molecule has 0 unspecified atom stereocenters. The Balaban J connectivity index is 0.000000198. The maximum Gasteiger partial charge on any atom is 0.339 e. The average Bonchev–Trinajstić information content (AvgIpc) is 3.21. The van der Waals surface area contributed by atoms with Gasteiger partial charge in [0.25, 0.3) is 0 Å². The van der Waals surface area contributed by atoms with Crippen LogP contribution in [0.1, 0.15) is 42.8 Å². The molecule has 2 amide bonds. The molecule has 1 aliphatic rings. The second kappa shape index (κ2) is 10.8. The van der Waals surface area contributed by atoms with E-state index in [1.165, 1.54) is 0 Å². The van der Waals surface area contributed by atoms with Crippen molar-refractivity contribution in [2.24, 2.45) is 5.73 Å². The van der Waals surface area contributed by atoms with Crippen LogP contribution in [0.3, 0.4) is 0 Å². The zero-order valence-electron chi connectivity index (χ0n) is 20.3. The first-order valence-electron chi connectivity index (χ1n) is 11.1. The Hall–Kier alpha value is -4.16. The van der Waals surface area contributed by atoms with E-state index in [2.05, 4.69) is 21.9 Å². The first-order chi connectivity index (χ1) is 16.5. The predicted molar refractivity (Wildman–Crippen MR) is 132 cm³/mol. The number of hydrogen-bond acceptors (Lipinski definition) is 6. The molecule has 0 saturated heterocycles. The molecule has 0 saturated carbocycles. The van der Waals surface area contributed by atoms with E-state index in [1.54, 1.807) is 50.3 Å². The summed E-state index contributed by atoms with van der Waals surface area (Å²) in [5.41, 5.74) is 8.34. The van der Waals surface area contributed by atoms with Gasteiger partial charge in [-0.15, -0.1) is 0 Å². The number of aryl methyl sites for hydroxylation is 1. The van der Waals surface area contributed by atoms with Crippen LogP contribution in [0.25, 0.3) is 0 Å². The smallest absolute Gasteiger partial charge is 0.339 e. The lowest BCUT2D eigenvalue weighted by Crippen LogP contribution is -2.25. The van der Waals surface area contributed by atoms with Gasteiger partial charge in [-0.2, -0.15) is 9.78 Å². The van der Waals surface area contributed by atoms with Crippen LogP contribution < -0.4 is 15.4 Å². The third kappa shape index (κ3) is 7.42. The van der Waals surface area contributed by atoms with Gasteiger partial charge in [0.2, 0.25) is 5.91 Å². The summed E-state index contributed by atoms with van der Waals surface area (Å²) < 4.78 is 6.65. The summed E-state index contributed by atoms with van der Waals surface area (Å²) in [5.74, 6) is 6.35. The van der Waals surface area contributed by atoms with Crippen molar-refractivity contribution >= 4 is 17.6 Å². The van der Waals surface area contributed by atoms with Crippen LogP contribution in [0, 0.1) is 18.8 Å². The minimum absolute atomic E-state index is 0.0198. The van der Waals surface area contributed by atoms with Crippen molar-refractivity contribution in [1.82, 2.24) is 14.8 Å². The summed E-state index contributed by atoms with van der Waals surface area (Å²) in [7, 11) is 1.73. The molecule has 3 aromatic rings. The molecule has 4 rings (SSSR count). The van der Waals surface area contributed by atoms with Gasteiger partial charge in [0.15, 0.2) is 0 Å². The van der Waals surface area contributed by atoms with Gasteiger partial charge < -0.3 is 20.5 Å². The standard InChI is InChI=1S/C15H17NO3.C11H12N4O/c1-15(2,18)8-6-11-4-5-13-12(10-11)16(3)14(17)7-9-19-13;1-8-3-2-4-10(14-8)5-9-6-13-15(7-9)11(12)16/h4-5,10,18H,7,9H2,1-3H3;2-4,6-7H,5H2,1H3,(H2,12,16). The number of aliphatic hydroxyl groups is 1. The van der Waals surface area contributed by atoms with Gasteiger partial charge in [-0.05, 0) is 56.7 Å². The van der Waals surface area contributed by atoms with E-state index in [9.17, 15) is 14.7 Å². The Labute approximate surface area is 204 Å². The molecule has 9 nitrogen and oxygen atoms in total. The first kappa shape index (κ1) is 25.5. The van der Waals surface area contributed by atoms with Crippen molar-refractivity contribution in [1.29, 1.82) is 0 Å². The Kier molecular flexibility index (Phi) is 7.89. The number of aromatic nitrogens is 3. The Morgan fingerprint density at radius 2 is 2.06 bits per heavy atom. The van der Waals surface area contributed by atoms with Crippen molar-refractivity contribution in [3.8, 4) is 17.6 Å². The summed E-state index contributed by atoms with van der Waals surface area (Å²) in [5, 5.41) is 13.4. The molecule has 0 atom stereocenters. The predicted octanol–water partition coefficient (Wildman–Crippen LogP) is 2.66. The second-order valence-electron chi connectivity index (χ2n) is 8.62. The Morgan fingerprint density at radius 3 is 2.71 bits per heavy atom. The zero-order valence-corrected chi connectivity index (χ0v) is 20.3. The van der Waals surface area contributed by atoms with Crippen LogP contribution in [0.5, 0.6) is 5.75 Å². The molecule has 9 heteroatoms. The number of amides is 2. The van der Waals surface area contributed by atoms with E-state index in [-0.39, 0.29) is 5.91 Å². The molecule has 0 spiro atoms. The number of carbonyl (C=O) groups is 2. The van der Waals surface area contributed by atoms with Crippen molar-refractivity contribution in [3.63, 3.8) is 0 Å². The SMILES string of the molecule is CN1C(=O)CCOc2ccc(C#CC(C)(C)O)cc21.Cc1cccc(Cc2cnn(C(N)=O)c2)n1. The van der Waals surface area contributed by atoms with Gasteiger partial charge >= 0.3 is 6.03 Å². The number of ether oxygens (including phenoxy) is 1. The molecule has 0 bridgehead atoms. The molecule has 0 radical (unpaired) electrons. The number of carbonyl (C=O) groups excluding carboxylic acids is 2. The number of hydrogen-bond donors (Lipinski definition) is 2. The highest BCUT2D eigenvalue weighted by Gasteiger charge is 2.20. The van der Waals surface area contributed by atoms with Gasteiger partial charge in [-0.25, -0.2) is 4.79 Å². The number of fused-ring (bicyclic) bond motifs is 1. The van der Waals surface area contributed by atoms with Crippen LogP contribution in [-0.2, 0) is 11.2 Å². The van der Waals surface area contributed by atoms with Gasteiger partial charge in [0, 0.05) is 36.6 Å². The molecular weight excluding hydrogens is 446 g/mol. The second-order valence-corrected chi connectivity index (χ2v) is 8.62. The minimum atomic E-state index is -1.04. The summed E-state index contributed by atoms with van der Waals surface area (Å²) in [6.07, 6.45) is 4.26. The fourth-order valence-corrected chi connectivity index (χ4v) is 3.23. The molecule has 0 aliphatic carbocycles. The maximum absolute atomic E-state index is 11.8. The summed E-state index contributed by atoms with van der Waals surface area (Å²) in [6.45, 7) is 5.59. The monoisotopic (exact) mass is 475 g/mol. The van der Waals surface area contributed by atoms with Crippen molar-refractivity contribution < 1.29 is 19.4 Å². The van der Waals surface area contributed by atoms with E-state index < -0.39 is 11.6 Å². The van der Waals surface area contributed by atoms with Gasteiger partial charge in [-0.3, -0.25) is 9.78 Å². The number of nitrogens with two attached hydrogens (primary N) is 1. The van der Waals surface area contributed by atoms with Gasteiger partial charge in [0.1, 0.15) is 11.4 Å². The quantitative estimate of drug-likeness (QED) is 0.549.